The van der Waals surface area contributed by atoms with Gasteiger partial charge in [0.15, 0.2) is 0 Å². The third kappa shape index (κ3) is 3.79. The van der Waals surface area contributed by atoms with Gasteiger partial charge in [-0.15, -0.1) is 0 Å². The van der Waals surface area contributed by atoms with E-state index in [-0.39, 0.29) is 11.3 Å². The maximum absolute atomic E-state index is 12.4. The Kier molecular flexibility index (Phi) is 5.12. The Hall–Kier alpha value is -1.42. The monoisotopic (exact) mass is 275 g/mol. The summed E-state index contributed by atoms with van der Waals surface area (Å²) in [5.74, 6) is 0.577. The van der Waals surface area contributed by atoms with E-state index in [2.05, 4.69) is 29.5 Å². The number of carbonyl (C=O) groups is 1. The van der Waals surface area contributed by atoms with E-state index in [0.717, 1.165) is 38.0 Å². The van der Waals surface area contributed by atoms with Crippen molar-refractivity contribution in [3.05, 3.63) is 30.1 Å². The summed E-state index contributed by atoms with van der Waals surface area (Å²) in [7, 11) is 0. The van der Waals surface area contributed by atoms with Crippen LogP contribution in [0.15, 0.2) is 24.4 Å². The number of amides is 1. The molecule has 2 heterocycles. The van der Waals surface area contributed by atoms with E-state index >= 15 is 0 Å². The van der Waals surface area contributed by atoms with E-state index < -0.39 is 0 Å². The highest BCUT2D eigenvalue weighted by atomic mass is 16.2. The molecule has 2 N–H and O–H groups in total. The van der Waals surface area contributed by atoms with Gasteiger partial charge in [0.25, 0.3) is 0 Å². The number of piperidine rings is 1. The third-order valence-electron chi connectivity index (χ3n) is 4.30. The van der Waals surface area contributed by atoms with Gasteiger partial charge >= 0.3 is 0 Å². The smallest absolute Gasteiger partial charge is 0.225 e. The Morgan fingerprint density at radius 3 is 3.00 bits per heavy atom. The molecule has 0 saturated carbocycles. The van der Waals surface area contributed by atoms with Crippen LogP contribution in [0.5, 0.6) is 0 Å². The highest BCUT2D eigenvalue weighted by Gasteiger charge is 2.36. The summed E-state index contributed by atoms with van der Waals surface area (Å²) < 4.78 is 0. The second kappa shape index (κ2) is 6.84. The summed E-state index contributed by atoms with van der Waals surface area (Å²) in [6.45, 7) is 6.79. The number of nitrogens with zero attached hydrogens (tertiary/aromatic N) is 1. The Morgan fingerprint density at radius 2 is 2.35 bits per heavy atom. The standard InChI is InChI=1S/C16H25N3O/c1-16(2,13-6-5-9-17-12-13)15(20)19-11-8-14-7-3-4-10-18-14/h3-4,7,10,13,17H,5-6,8-9,11-12H2,1-2H3,(H,19,20). The average Bonchev–Trinajstić information content (AvgIpc) is 2.49. The molecular formula is C16H25N3O. The minimum absolute atomic E-state index is 0.155. The van der Waals surface area contributed by atoms with Gasteiger partial charge in [0, 0.05) is 30.3 Å². The van der Waals surface area contributed by atoms with Gasteiger partial charge in [-0.3, -0.25) is 9.78 Å². The van der Waals surface area contributed by atoms with E-state index in [1.807, 2.05) is 18.2 Å². The van der Waals surface area contributed by atoms with Crippen LogP contribution in [0.4, 0.5) is 0 Å². The van der Waals surface area contributed by atoms with Gasteiger partial charge in [0.2, 0.25) is 5.91 Å². The zero-order valence-corrected chi connectivity index (χ0v) is 12.5. The molecule has 1 atom stereocenters. The van der Waals surface area contributed by atoms with E-state index in [9.17, 15) is 4.79 Å². The molecule has 1 unspecified atom stereocenters. The quantitative estimate of drug-likeness (QED) is 0.861. The maximum Gasteiger partial charge on any atom is 0.225 e. The van der Waals surface area contributed by atoms with Crippen LogP contribution in [0.25, 0.3) is 0 Å². The van der Waals surface area contributed by atoms with Crippen LogP contribution in [0.1, 0.15) is 32.4 Å². The first-order valence-corrected chi connectivity index (χ1v) is 7.49. The Labute approximate surface area is 121 Å². The number of hydrogen-bond acceptors (Lipinski definition) is 3. The van der Waals surface area contributed by atoms with Crippen molar-refractivity contribution in [3.8, 4) is 0 Å². The predicted molar refractivity (Wildman–Crippen MR) is 80.3 cm³/mol. The molecule has 1 saturated heterocycles. The van der Waals surface area contributed by atoms with Crippen molar-refractivity contribution in [1.82, 2.24) is 15.6 Å². The van der Waals surface area contributed by atoms with Gasteiger partial charge in [0.05, 0.1) is 0 Å². The van der Waals surface area contributed by atoms with Crippen molar-refractivity contribution in [2.24, 2.45) is 11.3 Å². The Bertz CT molecular complexity index is 425. The minimum Gasteiger partial charge on any atom is -0.355 e. The lowest BCUT2D eigenvalue weighted by Crippen LogP contribution is -2.47. The number of carbonyl (C=O) groups excluding carboxylic acids is 1. The topological polar surface area (TPSA) is 54.0 Å². The van der Waals surface area contributed by atoms with E-state index in [4.69, 9.17) is 0 Å². The first-order valence-electron chi connectivity index (χ1n) is 7.49. The van der Waals surface area contributed by atoms with Crippen LogP contribution in [-0.2, 0) is 11.2 Å². The third-order valence-corrected chi connectivity index (χ3v) is 4.30. The molecule has 1 aliphatic heterocycles. The Balaban J connectivity index is 1.81. The minimum atomic E-state index is -0.308. The molecule has 4 heteroatoms. The van der Waals surface area contributed by atoms with Crippen molar-refractivity contribution in [1.29, 1.82) is 0 Å². The highest BCUT2D eigenvalue weighted by Crippen LogP contribution is 2.31. The predicted octanol–water partition coefficient (Wildman–Crippen LogP) is 1.77. The number of aromatic nitrogens is 1. The van der Waals surface area contributed by atoms with E-state index in [1.54, 1.807) is 6.20 Å². The average molecular weight is 275 g/mol. The normalized spacial score (nSPS) is 19.6. The fourth-order valence-corrected chi connectivity index (χ4v) is 2.73. The molecule has 1 aliphatic rings. The molecular weight excluding hydrogens is 250 g/mol. The molecule has 0 spiro atoms. The number of pyridine rings is 1. The molecule has 0 aromatic carbocycles. The van der Waals surface area contributed by atoms with Crippen molar-refractivity contribution < 1.29 is 4.79 Å². The maximum atomic E-state index is 12.4. The van der Waals surface area contributed by atoms with Crippen LogP contribution in [0.2, 0.25) is 0 Å². The zero-order chi connectivity index (χ0) is 14.4. The first kappa shape index (κ1) is 15.0. The fraction of sp³-hybridized carbons (Fsp3) is 0.625. The van der Waals surface area contributed by atoms with E-state index in [1.165, 1.54) is 0 Å². The number of rotatable bonds is 5. The molecule has 0 aliphatic carbocycles. The summed E-state index contributed by atoms with van der Waals surface area (Å²) >= 11 is 0. The van der Waals surface area contributed by atoms with Crippen LogP contribution < -0.4 is 10.6 Å². The van der Waals surface area contributed by atoms with Gasteiger partial charge in [-0.05, 0) is 44.0 Å². The summed E-state index contributed by atoms with van der Waals surface area (Å²) in [4.78, 5) is 16.7. The van der Waals surface area contributed by atoms with Gasteiger partial charge in [-0.25, -0.2) is 0 Å². The Morgan fingerprint density at radius 1 is 1.50 bits per heavy atom. The SMILES string of the molecule is CC(C)(C(=O)NCCc1ccccn1)C1CCCNC1. The lowest BCUT2D eigenvalue weighted by atomic mass is 9.74. The molecule has 4 nitrogen and oxygen atoms in total. The van der Waals surface area contributed by atoms with E-state index in [0.29, 0.717) is 12.5 Å². The molecule has 1 amide bonds. The van der Waals surface area contributed by atoms with Crippen LogP contribution in [-0.4, -0.2) is 30.5 Å². The second-order valence-electron chi connectivity index (χ2n) is 6.09. The largest absolute Gasteiger partial charge is 0.355 e. The number of nitrogens with one attached hydrogen (secondary N) is 2. The van der Waals surface area contributed by atoms with Crippen LogP contribution in [0.3, 0.4) is 0 Å². The molecule has 1 aromatic heterocycles. The molecule has 0 bridgehead atoms. The summed E-state index contributed by atoms with van der Waals surface area (Å²) in [5, 5.41) is 6.45. The summed E-state index contributed by atoms with van der Waals surface area (Å²) in [6, 6.07) is 5.87. The van der Waals surface area contributed by atoms with Gasteiger partial charge in [-0.1, -0.05) is 19.9 Å². The van der Waals surface area contributed by atoms with Gasteiger partial charge in [-0.2, -0.15) is 0 Å². The molecule has 2 rings (SSSR count). The molecule has 110 valence electrons. The molecule has 1 fully saturated rings. The lowest BCUT2D eigenvalue weighted by molar-refractivity contribution is -0.132. The number of hydrogen-bond donors (Lipinski definition) is 2. The van der Waals surface area contributed by atoms with Crippen LogP contribution >= 0.6 is 0 Å². The van der Waals surface area contributed by atoms with Crippen molar-refractivity contribution in [2.45, 2.75) is 33.1 Å². The molecule has 0 radical (unpaired) electrons. The second-order valence-corrected chi connectivity index (χ2v) is 6.09. The molecule has 20 heavy (non-hydrogen) atoms. The van der Waals surface area contributed by atoms with Crippen molar-refractivity contribution >= 4 is 5.91 Å². The molecule has 1 aromatic rings. The first-order chi connectivity index (χ1) is 9.60. The summed E-state index contributed by atoms with van der Waals surface area (Å²) in [5.41, 5.74) is 0.710. The zero-order valence-electron chi connectivity index (χ0n) is 12.5. The fourth-order valence-electron chi connectivity index (χ4n) is 2.73. The summed E-state index contributed by atoms with van der Waals surface area (Å²) in [6.07, 6.45) is 4.86. The lowest BCUT2D eigenvalue weighted by Gasteiger charge is -2.36. The van der Waals surface area contributed by atoms with Gasteiger partial charge < -0.3 is 10.6 Å². The highest BCUT2D eigenvalue weighted by molar-refractivity contribution is 5.82. The van der Waals surface area contributed by atoms with Crippen molar-refractivity contribution in [2.75, 3.05) is 19.6 Å². The van der Waals surface area contributed by atoms with Gasteiger partial charge in [0.1, 0.15) is 0 Å². The van der Waals surface area contributed by atoms with Crippen LogP contribution in [0, 0.1) is 11.3 Å². The van der Waals surface area contributed by atoms with Crippen molar-refractivity contribution in [3.63, 3.8) is 0 Å².